The minimum Gasteiger partial charge on any atom is -0.455 e. The lowest BCUT2D eigenvalue weighted by molar-refractivity contribution is 0.105. The van der Waals surface area contributed by atoms with Gasteiger partial charge in [0, 0.05) is 6.54 Å². The second-order valence-corrected chi connectivity index (χ2v) is 4.87. The van der Waals surface area contributed by atoms with E-state index in [1.807, 2.05) is 6.07 Å². The van der Waals surface area contributed by atoms with Crippen molar-refractivity contribution in [2.45, 2.75) is 26.3 Å². The van der Waals surface area contributed by atoms with Crippen molar-refractivity contribution in [3.8, 4) is 0 Å². The van der Waals surface area contributed by atoms with E-state index in [0.717, 1.165) is 31.3 Å². The Balaban J connectivity index is 1.95. The van der Waals surface area contributed by atoms with Gasteiger partial charge in [-0.25, -0.2) is 0 Å². The van der Waals surface area contributed by atoms with E-state index in [4.69, 9.17) is 16.0 Å². The molecule has 0 N–H and O–H groups in total. The molecule has 0 radical (unpaired) electrons. The van der Waals surface area contributed by atoms with Gasteiger partial charge < -0.3 is 4.42 Å². The largest absolute Gasteiger partial charge is 0.455 e. The number of hydrogen-bond acceptors (Lipinski definition) is 3. The van der Waals surface area contributed by atoms with Crippen LogP contribution in [0.5, 0.6) is 0 Å². The molecule has 0 aromatic carbocycles. The van der Waals surface area contributed by atoms with Gasteiger partial charge in [0.25, 0.3) is 5.24 Å². The topological polar surface area (TPSA) is 33.5 Å². The van der Waals surface area contributed by atoms with Gasteiger partial charge in [0.05, 0.1) is 6.54 Å². The van der Waals surface area contributed by atoms with Crippen LogP contribution in [-0.4, -0.2) is 23.2 Å². The number of hydrogen-bond donors (Lipinski definition) is 0. The van der Waals surface area contributed by atoms with Gasteiger partial charge in [-0.15, -0.1) is 0 Å². The maximum absolute atomic E-state index is 10.9. The molecule has 1 aliphatic heterocycles. The number of carbonyl (C=O) groups is 1. The first kappa shape index (κ1) is 11.7. The predicted molar refractivity (Wildman–Crippen MR) is 62.6 cm³/mol. The first-order valence-corrected chi connectivity index (χ1v) is 6.04. The molecule has 2 heterocycles. The highest BCUT2D eigenvalue weighted by molar-refractivity contribution is 6.67. The summed E-state index contributed by atoms with van der Waals surface area (Å²) in [6.07, 6.45) is 2.54. The van der Waals surface area contributed by atoms with Gasteiger partial charge in [-0.1, -0.05) is 6.92 Å². The van der Waals surface area contributed by atoms with Gasteiger partial charge in [0.15, 0.2) is 5.76 Å². The quantitative estimate of drug-likeness (QED) is 0.763. The lowest BCUT2D eigenvalue weighted by Crippen LogP contribution is -2.33. The van der Waals surface area contributed by atoms with Crippen LogP contribution in [0, 0.1) is 5.92 Å². The lowest BCUT2D eigenvalue weighted by atomic mass is 10.0. The van der Waals surface area contributed by atoms with Crippen LogP contribution in [-0.2, 0) is 6.54 Å². The fourth-order valence-corrected chi connectivity index (χ4v) is 2.32. The molecule has 4 heteroatoms. The summed E-state index contributed by atoms with van der Waals surface area (Å²) in [6, 6.07) is 3.47. The van der Waals surface area contributed by atoms with Crippen LogP contribution in [0.4, 0.5) is 0 Å². The van der Waals surface area contributed by atoms with E-state index in [1.165, 1.54) is 12.8 Å². The molecule has 1 atom stereocenters. The molecule has 0 spiro atoms. The predicted octanol–water partition coefficient (Wildman–Crippen LogP) is 2.89. The molecule has 1 saturated heterocycles. The number of halogens is 1. The van der Waals surface area contributed by atoms with Crippen molar-refractivity contribution in [3.05, 3.63) is 23.7 Å². The number of rotatable bonds is 3. The van der Waals surface area contributed by atoms with Gasteiger partial charge in [0.2, 0.25) is 0 Å². The molecular formula is C12H16ClNO2. The van der Waals surface area contributed by atoms with E-state index in [0.29, 0.717) is 0 Å². The molecule has 1 fully saturated rings. The Morgan fingerprint density at radius 3 is 3.06 bits per heavy atom. The molecular weight excluding hydrogens is 226 g/mol. The van der Waals surface area contributed by atoms with Gasteiger partial charge in [0.1, 0.15) is 5.76 Å². The third-order valence-electron chi connectivity index (χ3n) is 2.98. The zero-order chi connectivity index (χ0) is 11.5. The summed E-state index contributed by atoms with van der Waals surface area (Å²) in [6.45, 7) is 5.25. The van der Waals surface area contributed by atoms with E-state index in [2.05, 4.69) is 11.8 Å². The molecule has 88 valence electrons. The molecule has 0 saturated carbocycles. The fraction of sp³-hybridized carbons (Fsp3) is 0.583. The first-order valence-electron chi connectivity index (χ1n) is 5.66. The molecule has 0 bridgehead atoms. The Hall–Kier alpha value is -0.800. The highest BCUT2D eigenvalue weighted by atomic mass is 35.5. The standard InChI is InChI=1S/C12H16ClNO2/c1-9-3-2-6-14(7-9)8-10-4-5-11(16-10)12(13)15/h4-5,9H,2-3,6-8H2,1H3. The van der Waals surface area contributed by atoms with Crippen molar-refractivity contribution in [3.63, 3.8) is 0 Å². The second-order valence-electron chi connectivity index (χ2n) is 4.52. The molecule has 0 amide bonds. The Morgan fingerprint density at radius 1 is 1.62 bits per heavy atom. The monoisotopic (exact) mass is 241 g/mol. The number of nitrogens with zero attached hydrogens (tertiary/aromatic N) is 1. The minimum atomic E-state index is -0.529. The van der Waals surface area contributed by atoms with Gasteiger partial charge in [-0.3, -0.25) is 9.69 Å². The van der Waals surface area contributed by atoms with E-state index in [1.54, 1.807) is 6.07 Å². The summed E-state index contributed by atoms with van der Waals surface area (Å²) < 4.78 is 5.36. The van der Waals surface area contributed by atoms with Gasteiger partial charge in [-0.2, -0.15) is 0 Å². The van der Waals surface area contributed by atoms with Crippen molar-refractivity contribution in [1.29, 1.82) is 0 Å². The highest BCUT2D eigenvalue weighted by Crippen LogP contribution is 2.19. The van der Waals surface area contributed by atoms with Crippen LogP contribution in [0.1, 0.15) is 36.1 Å². The Morgan fingerprint density at radius 2 is 2.44 bits per heavy atom. The van der Waals surface area contributed by atoms with Crippen molar-refractivity contribution >= 4 is 16.8 Å². The normalized spacial score (nSPS) is 22.2. The van der Waals surface area contributed by atoms with Gasteiger partial charge in [-0.05, 0) is 49.0 Å². The van der Waals surface area contributed by atoms with Gasteiger partial charge >= 0.3 is 0 Å². The molecule has 1 aliphatic rings. The number of likely N-dealkylation sites (tertiary alicyclic amines) is 1. The van der Waals surface area contributed by atoms with Crippen molar-refractivity contribution in [2.24, 2.45) is 5.92 Å². The Kier molecular flexibility index (Phi) is 3.66. The van der Waals surface area contributed by atoms with E-state index < -0.39 is 5.24 Å². The molecule has 0 aliphatic carbocycles. The fourth-order valence-electron chi connectivity index (χ4n) is 2.22. The third kappa shape index (κ3) is 2.86. The number of piperidine rings is 1. The zero-order valence-electron chi connectivity index (χ0n) is 9.41. The summed E-state index contributed by atoms with van der Waals surface area (Å²) in [5.74, 6) is 1.80. The molecule has 1 aromatic heterocycles. The Bertz CT molecular complexity index is 375. The summed E-state index contributed by atoms with van der Waals surface area (Å²) in [5, 5.41) is -0.529. The van der Waals surface area contributed by atoms with E-state index >= 15 is 0 Å². The maximum Gasteiger partial charge on any atom is 0.287 e. The van der Waals surface area contributed by atoms with Crippen LogP contribution >= 0.6 is 11.6 Å². The Labute approximate surface area is 100 Å². The SMILES string of the molecule is CC1CCCN(Cc2ccc(C(=O)Cl)o2)C1. The van der Waals surface area contributed by atoms with Crippen LogP contribution < -0.4 is 0 Å². The second kappa shape index (κ2) is 5.02. The first-order chi connectivity index (χ1) is 7.65. The van der Waals surface area contributed by atoms with Crippen LogP contribution in [0.3, 0.4) is 0 Å². The molecule has 2 rings (SSSR count). The van der Waals surface area contributed by atoms with Crippen LogP contribution in [0.2, 0.25) is 0 Å². The maximum atomic E-state index is 10.9. The highest BCUT2D eigenvalue weighted by Gasteiger charge is 2.18. The number of carbonyl (C=O) groups excluding carboxylic acids is 1. The van der Waals surface area contributed by atoms with Crippen molar-refractivity contribution < 1.29 is 9.21 Å². The lowest BCUT2D eigenvalue weighted by Gasteiger charge is -2.29. The van der Waals surface area contributed by atoms with Crippen LogP contribution in [0.25, 0.3) is 0 Å². The summed E-state index contributed by atoms with van der Waals surface area (Å²) >= 11 is 5.34. The average molecular weight is 242 g/mol. The van der Waals surface area contributed by atoms with E-state index in [-0.39, 0.29) is 5.76 Å². The number of furan rings is 1. The van der Waals surface area contributed by atoms with Crippen molar-refractivity contribution in [2.75, 3.05) is 13.1 Å². The summed E-state index contributed by atoms with van der Waals surface area (Å²) in [7, 11) is 0. The summed E-state index contributed by atoms with van der Waals surface area (Å²) in [5.41, 5.74) is 0. The van der Waals surface area contributed by atoms with Crippen molar-refractivity contribution in [1.82, 2.24) is 4.90 Å². The zero-order valence-corrected chi connectivity index (χ0v) is 10.2. The molecule has 16 heavy (non-hydrogen) atoms. The van der Waals surface area contributed by atoms with E-state index in [9.17, 15) is 4.79 Å². The smallest absolute Gasteiger partial charge is 0.287 e. The third-order valence-corrected chi connectivity index (χ3v) is 3.16. The molecule has 3 nitrogen and oxygen atoms in total. The molecule has 1 aromatic rings. The average Bonchev–Trinajstić information content (AvgIpc) is 2.66. The minimum absolute atomic E-state index is 0.238. The van der Waals surface area contributed by atoms with Crippen LogP contribution in [0.15, 0.2) is 16.5 Å². The summed E-state index contributed by atoms with van der Waals surface area (Å²) in [4.78, 5) is 13.2. The molecule has 1 unspecified atom stereocenters.